The number of rotatable bonds is 5. The van der Waals surface area contributed by atoms with E-state index in [9.17, 15) is 9.59 Å². The van der Waals surface area contributed by atoms with Gasteiger partial charge in [-0.15, -0.1) is 0 Å². The van der Waals surface area contributed by atoms with Crippen LogP contribution >= 0.6 is 11.8 Å². The minimum Gasteiger partial charge on any atom is -0.497 e. The highest BCUT2D eigenvalue weighted by atomic mass is 32.2. The first-order valence-electron chi connectivity index (χ1n) is 9.57. The molecule has 30 heavy (non-hydrogen) atoms. The first-order chi connectivity index (χ1) is 14.5. The van der Waals surface area contributed by atoms with Gasteiger partial charge in [0.15, 0.2) is 0 Å². The maximum absolute atomic E-state index is 13.5. The molecule has 0 aromatic heterocycles. The number of amides is 2. The summed E-state index contributed by atoms with van der Waals surface area (Å²) in [6.45, 7) is 4.03. The fourth-order valence-corrected chi connectivity index (χ4v) is 4.36. The molecule has 4 nitrogen and oxygen atoms in total. The number of carbonyl (C=O) groups is 2. The normalized spacial score (nSPS) is 13.9. The topological polar surface area (TPSA) is 46.6 Å². The third-order valence-electron chi connectivity index (χ3n) is 5.11. The summed E-state index contributed by atoms with van der Waals surface area (Å²) in [5.41, 5.74) is 3.89. The van der Waals surface area contributed by atoms with Gasteiger partial charge in [0.2, 0.25) is 0 Å². The van der Waals surface area contributed by atoms with Gasteiger partial charge in [-0.2, -0.15) is 0 Å². The van der Waals surface area contributed by atoms with Gasteiger partial charge < -0.3 is 4.74 Å². The van der Waals surface area contributed by atoms with Gasteiger partial charge in [-0.1, -0.05) is 54.2 Å². The number of imide groups is 1. The molecule has 0 aliphatic carbocycles. The van der Waals surface area contributed by atoms with Gasteiger partial charge in [-0.3, -0.25) is 9.59 Å². The van der Waals surface area contributed by atoms with E-state index < -0.39 is 0 Å². The molecular weight excluding hydrogens is 394 g/mol. The number of aryl methyl sites for hydroxylation is 2. The molecule has 4 rings (SSSR count). The van der Waals surface area contributed by atoms with E-state index >= 15 is 0 Å². The van der Waals surface area contributed by atoms with Crippen LogP contribution in [0.3, 0.4) is 0 Å². The molecule has 150 valence electrons. The van der Waals surface area contributed by atoms with E-state index in [0.29, 0.717) is 21.9 Å². The lowest BCUT2D eigenvalue weighted by Crippen LogP contribution is -2.31. The van der Waals surface area contributed by atoms with Gasteiger partial charge in [0, 0.05) is 11.0 Å². The molecule has 1 aliphatic heterocycles. The summed E-state index contributed by atoms with van der Waals surface area (Å²) >= 11 is 1.32. The summed E-state index contributed by atoms with van der Waals surface area (Å²) in [6.07, 6.45) is 0. The molecule has 2 amide bonds. The van der Waals surface area contributed by atoms with Crippen LogP contribution in [0.25, 0.3) is 5.57 Å². The SMILES string of the molecule is COc1cccc(N2C(=O)C(Sc3ccccc3)=C(c3ccc(C)c(C)c3)C2=O)c1. The van der Waals surface area contributed by atoms with Crippen molar-refractivity contribution in [3.8, 4) is 5.75 Å². The van der Waals surface area contributed by atoms with Gasteiger partial charge in [0.1, 0.15) is 5.75 Å². The lowest BCUT2D eigenvalue weighted by Gasteiger charge is -2.16. The molecule has 0 atom stereocenters. The second-order valence-electron chi connectivity index (χ2n) is 7.07. The Bertz CT molecular complexity index is 1170. The number of nitrogens with zero attached hydrogens (tertiary/aromatic N) is 1. The molecule has 0 fully saturated rings. The fourth-order valence-electron chi connectivity index (χ4n) is 3.35. The van der Waals surface area contributed by atoms with Crippen LogP contribution in [-0.2, 0) is 9.59 Å². The van der Waals surface area contributed by atoms with Crippen molar-refractivity contribution in [1.29, 1.82) is 0 Å². The summed E-state index contributed by atoms with van der Waals surface area (Å²) in [7, 11) is 1.56. The fraction of sp³-hybridized carbons (Fsp3) is 0.120. The second kappa shape index (κ2) is 8.20. The molecule has 0 saturated carbocycles. The van der Waals surface area contributed by atoms with Crippen molar-refractivity contribution >= 4 is 34.8 Å². The summed E-state index contributed by atoms with van der Waals surface area (Å²) in [5.74, 6) is -0.0599. The van der Waals surface area contributed by atoms with Crippen molar-refractivity contribution < 1.29 is 14.3 Å². The monoisotopic (exact) mass is 415 g/mol. The van der Waals surface area contributed by atoms with Gasteiger partial charge in [0.25, 0.3) is 11.8 Å². The number of thioether (sulfide) groups is 1. The van der Waals surface area contributed by atoms with Gasteiger partial charge in [0.05, 0.1) is 23.3 Å². The van der Waals surface area contributed by atoms with Crippen molar-refractivity contribution in [3.05, 3.63) is 94.4 Å². The number of hydrogen-bond donors (Lipinski definition) is 0. The van der Waals surface area contributed by atoms with Crippen LogP contribution in [-0.4, -0.2) is 18.9 Å². The van der Waals surface area contributed by atoms with Crippen molar-refractivity contribution in [2.24, 2.45) is 0 Å². The quantitative estimate of drug-likeness (QED) is 0.524. The molecule has 0 saturated heterocycles. The largest absolute Gasteiger partial charge is 0.497 e. The molecule has 1 heterocycles. The third-order valence-corrected chi connectivity index (χ3v) is 6.20. The van der Waals surface area contributed by atoms with Crippen LogP contribution in [0.4, 0.5) is 5.69 Å². The minimum absolute atomic E-state index is 0.324. The number of hydrogen-bond acceptors (Lipinski definition) is 4. The first-order valence-corrected chi connectivity index (χ1v) is 10.4. The van der Waals surface area contributed by atoms with E-state index in [2.05, 4.69) is 0 Å². The Morgan fingerprint density at radius 2 is 1.57 bits per heavy atom. The van der Waals surface area contributed by atoms with Crippen LogP contribution in [0.5, 0.6) is 5.75 Å². The van der Waals surface area contributed by atoms with E-state index in [1.807, 2.05) is 62.4 Å². The summed E-state index contributed by atoms with van der Waals surface area (Å²) in [4.78, 5) is 29.5. The molecular formula is C25H21NO3S. The van der Waals surface area contributed by atoms with E-state index in [-0.39, 0.29) is 11.8 Å². The molecule has 0 spiro atoms. The predicted molar refractivity (Wildman–Crippen MR) is 121 cm³/mol. The lowest BCUT2D eigenvalue weighted by molar-refractivity contribution is -0.119. The summed E-state index contributed by atoms with van der Waals surface area (Å²) < 4.78 is 5.28. The highest BCUT2D eigenvalue weighted by Gasteiger charge is 2.40. The Morgan fingerprint density at radius 3 is 2.27 bits per heavy atom. The average molecular weight is 416 g/mol. The average Bonchev–Trinajstić information content (AvgIpc) is 3.00. The maximum atomic E-state index is 13.5. The van der Waals surface area contributed by atoms with Crippen LogP contribution in [0.1, 0.15) is 16.7 Å². The number of ether oxygens (including phenoxy) is 1. The van der Waals surface area contributed by atoms with E-state index in [4.69, 9.17) is 4.74 Å². The molecule has 3 aromatic rings. The van der Waals surface area contributed by atoms with E-state index in [0.717, 1.165) is 21.6 Å². The maximum Gasteiger partial charge on any atom is 0.272 e. The minimum atomic E-state index is -0.324. The zero-order chi connectivity index (χ0) is 21.3. The molecule has 0 N–H and O–H groups in total. The Kier molecular flexibility index (Phi) is 5.46. The Balaban J connectivity index is 1.84. The second-order valence-corrected chi connectivity index (χ2v) is 8.15. The molecule has 0 unspecified atom stereocenters. The van der Waals surface area contributed by atoms with Crippen molar-refractivity contribution in [2.45, 2.75) is 18.7 Å². The van der Waals surface area contributed by atoms with Crippen LogP contribution < -0.4 is 9.64 Å². The van der Waals surface area contributed by atoms with E-state index in [1.54, 1.807) is 31.4 Å². The Labute approximate surface area is 180 Å². The Hall–Kier alpha value is -3.31. The number of benzene rings is 3. The van der Waals surface area contributed by atoms with Crippen LogP contribution in [0.2, 0.25) is 0 Å². The molecule has 5 heteroatoms. The van der Waals surface area contributed by atoms with Crippen LogP contribution in [0.15, 0.2) is 82.6 Å². The van der Waals surface area contributed by atoms with Crippen molar-refractivity contribution in [2.75, 3.05) is 12.0 Å². The standard InChI is InChI=1S/C25H21NO3S/c1-16-12-13-18(14-17(16)2)22-23(30-21-10-5-4-6-11-21)25(28)26(24(22)27)19-8-7-9-20(15-19)29-3/h4-15H,1-3H3. The van der Waals surface area contributed by atoms with Gasteiger partial charge in [-0.05, 0) is 54.8 Å². The van der Waals surface area contributed by atoms with Crippen molar-refractivity contribution in [1.82, 2.24) is 0 Å². The number of methoxy groups -OCH3 is 1. The van der Waals surface area contributed by atoms with Crippen molar-refractivity contribution in [3.63, 3.8) is 0 Å². The molecule has 3 aromatic carbocycles. The molecule has 1 aliphatic rings. The summed E-state index contributed by atoms with van der Waals surface area (Å²) in [6, 6.07) is 22.5. The van der Waals surface area contributed by atoms with Gasteiger partial charge >= 0.3 is 0 Å². The summed E-state index contributed by atoms with van der Waals surface area (Å²) in [5, 5.41) is 0. The van der Waals surface area contributed by atoms with Crippen LogP contribution in [0, 0.1) is 13.8 Å². The highest BCUT2D eigenvalue weighted by Crippen LogP contribution is 2.42. The highest BCUT2D eigenvalue weighted by molar-refractivity contribution is 8.04. The zero-order valence-electron chi connectivity index (χ0n) is 17.0. The predicted octanol–water partition coefficient (Wildman–Crippen LogP) is 5.39. The Morgan fingerprint density at radius 1 is 0.800 bits per heavy atom. The molecule has 0 radical (unpaired) electrons. The number of carbonyl (C=O) groups excluding carboxylic acids is 2. The lowest BCUT2D eigenvalue weighted by atomic mass is 10.0. The first kappa shape index (κ1) is 20.0. The number of anilines is 1. The third kappa shape index (κ3) is 3.64. The smallest absolute Gasteiger partial charge is 0.272 e. The van der Waals surface area contributed by atoms with Gasteiger partial charge in [-0.25, -0.2) is 4.90 Å². The molecule has 0 bridgehead atoms. The van der Waals surface area contributed by atoms with E-state index in [1.165, 1.54) is 16.7 Å². The zero-order valence-corrected chi connectivity index (χ0v) is 17.8.